The molecular formula is C18H18F3N3O. The number of hydrogen-bond donors (Lipinski definition) is 1. The predicted molar refractivity (Wildman–Crippen MR) is 88.0 cm³/mol. The van der Waals surface area contributed by atoms with E-state index in [9.17, 15) is 13.2 Å². The van der Waals surface area contributed by atoms with Crippen LogP contribution in [-0.2, 0) is 6.18 Å². The van der Waals surface area contributed by atoms with Gasteiger partial charge in [0.25, 0.3) is 0 Å². The van der Waals surface area contributed by atoms with Crippen molar-refractivity contribution in [3.63, 3.8) is 0 Å². The SMILES string of the molecule is NC1CCC(=Cc2cccc(Oc3cnc(C(F)(F)F)cn3)c2)CC1. The van der Waals surface area contributed by atoms with E-state index in [1.165, 1.54) is 5.57 Å². The van der Waals surface area contributed by atoms with Gasteiger partial charge in [-0.1, -0.05) is 23.8 Å². The highest BCUT2D eigenvalue weighted by atomic mass is 19.4. The molecule has 0 radical (unpaired) electrons. The lowest BCUT2D eigenvalue weighted by atomic mass is 9.90. The van der Waals surface area contributed by atoms with Gasteiger partial charge in [0.1, 0.15) is 5.75 Å². The second-order valence-corrected chi connectivity index (χ2v) is 6.05. The standard InChI is InChI=1S/C18H18F3N3O/c19-18(20,21)16-10-24-17(11-23-16)25-15-3-1-2-13(9-15)8-12-4-6-14(22)7-5-12/h1-3,8-11,14H,4-7,22H2. The molecule has 2 aromatic rings. The van der Waals surface area contributed by atoms with E-state index in [2.05, 4.69) is 16.0 Å². The van der Waals surface area contributed by atoms with E-state index >= 15 is 0 Å². The van der Waals surface area contributed by atoms with Crippen LogP contribution in [0.2, 0.25) is 0 Å². The lowest BCUT2D eigenvalue weighted by molar-refractivity contribution is -0.141. The van der Waals surface area contributed by atoms with Gasteiger partial charge in [-0.05, 0) is 43.4 Å². The highest BCUT2D eigenvalue weighted by Gasteiger charge is 2.32. The average Bonchev–Trinajstić information content (AvgIpc) is 2.57. The van der Waals surface area contributed by atoms with Crippen LogP contribution in [0.3, 0.4) is 0 Å². The van der Waals surface area contributed by atoms with Gasteiger partial charge in [0, 0.05) is 6.04 Å². The summed E-state index contributed by atoms with van der Waals surface area (Å²) in [4.78, 5) is 6.99. The summed E-state index contributed by atoms with van der Waals surface area (Å²) in [5, 5.41) is 0. The Balaban J connectivity index is 1.70. The Morgan fingerprint density at radius 2 is 1.88 bits per heavy atom. The number of benzene rings is 1. The van der Waals surface area contributed by atoms with Crippen molar-refractivity contribution in [2.75, 3.05) is 0 Å². The summed E-state index contributed by atoms with van der Waals surface area (Å²) in [5.74, 6) is 0.511. The molecule has 1 aromatic heterocycles. The van der Waals surface area contributed by atoms with Crippen LogP contribution >= 0.6 is 0 Å². The molecule has 25 heavy (non-hydrogen) atoms. The van der Waals surface area contributed by atoms with Gasteiger partial charge < -0.3 is 10.5 Å². The molecular weight excluding hydrogens is 331 g/mol. The van der Waals surface area contributed by atoms with Crippen molar-refractivity contribution < 1.29 is 17.9 Å². The van der Waals surface area contributed by atoms with Crippen molar-refractivity contribution >= 4 is 6.08 Å². The van der Waals surface area contributed by atoms with Gasteiger partial charge in [0.05, 0.1) is 12.4 Å². The van der Waals surface area contributed by atoms with Crippen LogP contribution in [0.15, 0.2) is 42.2 Å². The molecule has 3 rings (SSSR count). The van der Waals surface area contributed by atoms with Gasteiger partial charge in [-0.3, -0.25) is 0 Å². The molecule has 1 heterocycles. The number of halogens is 3. The molecule has 1 aliphatic rings. The Bertz CT molecular complexity index is 747. The van der Waals surface area contributed by atoms with Crippen LogP contribution in [0.4, 0.5) is 13.2 Å². The molecule has 1 aliphatic carbocycles. The molecule has 132 valence electrons. The first-order valence-electron chi connectivity index (χ1n) is 8.02. The Labute approximate surface area is 143 Å². The normalized spacial score (nSPS) is 18.1. The lowest BCUT2D eigenvalue weighted by Crippen LogP contribution is -2.23. The molecule has 1 saturated carbocycles. The second kappa shape index (κ2) is 7.23. The number of alkyl halides is 3. The fourth-order valence-corrected chi connectivity index (χ4v) is 2.69. The Morgan fingerprint density at radius 1 is 1.12 bits per heavy atom. The number of nitrogens with zero attached hydrogens (tertiary/aromatic N) is 2. The first-order valence-corrected chi connectivity index (χ1v) is 8.02. The molecule has 0 aliphatic heterocycles. The highest BCUT2D eigenvalue weighted by Crippen LogP contribution is 2.29. The molecule has 0 bridgehead atoms. The zero-order valence-electron chi connectivity index (χ0n) is 13.5. The monoisotopic (exact) mass is 349 g/mol. The predicted octanol–water partition coefficient (Wildman–Crippen LogP) is 4.57. The van der Waals surface area contributed by atoms with E-state index in [0.29, 0.717) is 11.9 Å². The molecule has 1 fully saturated rings. The number of nitrogens with two attached hydrogens (primary N) is 1. The molecule has 0 atom stereocenters. The maximum atomic E-state index is 12.5. The van der Waals surface area contributed by atoms with Gasteiger partial charge in [0.15, 0.2) is 5.69 Å². The summed E-state index contributed by atoms with van der Waals surface area (Å²) < 4.78 is 43.0. The second-order valence-electron chi connectivity index (χ2n) is 6.05. The minimum atomic E-state index is -4.51. The van der Waals surface area contributed by atoms with Crippen LogP contribution < -0.4 is 10.5 Å². The van der Waals surface area contributed by atoms with Crippen molar-refractivity contribution in [3.8, 4) is 11.6 Å². The fourth-order valence-electron chi connectivity index (χ4n) is 2.69. The fraction of sp³-hybridized carbons (Fsp3) is 0.333. The van der Waals surface area contributed by atoms with E-state index in [4.69, 9.17) is 10.5 Å². The third-order valence-corrected chi connectivity index (χ3v) is 4.04. The van der Waals surface area contributed by atoms with E-state index in [0.717, 1.165) is 37.4 Å². The van der Waals surface area contributed by atoms with Gasteiger partial charge >= 0.3 is 6.18 Å². The largest absolute Gasteiger partial charge is 0.437 e. The first-order chi connectivity index (χ1) is 11.9. The third kappa shape index (κ3) is 4.79. The molecule has 7 heteroatoms. The summed E-state index contributed by atoms with van der Waals surface area (Å²) in [6, 6.07) is 7.60. The van der Waals surface area contributed by atoms with Crippen LogP contribution in [0, 0.1) is 0 Å². The van der Waals surface area contributed by atoms with Crippen LogP contribution in [0.5, 0.6) is 11.6 Å². The van der Waals surface area contributed by atoms with Crippen molar-refractivity contribution in [1.82, 2.24) is 9.97 Å². The average molecular weight is 349 g/mol. The first kappa shape index (κ1) is 17.4. The van der Waals surface area contributed by atoms with E-state index < -0.39 is 11.9 Å². The highest BCUT2D eigenvalue weighted by molar-refractivity contribution is 5.55. The van der Waals surface area contributed by atoms with E-state index in [-0.39, 0.29) is 11.9 Å². The maximum absolute atomic E-state index is 12.5. The molecule has 2 N–H and O–H groups in total. The van der Waals surface area contributed by atoms with Crippen LogP contribution in [0.1, 0.15) is 36.9 Å². The summed E-state index contributed by atoms with van der Waals surface area (Å²) >= 11 is 0. The van der Waals surface area contributed by atoms with Crippen molar-refractivity contribution in [3.05, 3.63) is 53.5 Å². The van der Waals surface area contributed by atoms with Gasteiger partial charge in [0.2, 0.25) is 5.88 Å². The number of aromatic nitrogens is 2. The minimum absolute atomic E-state index is 0.0152. The minimum Gasteiger partial charge on any atom is -0.437 e. The zero-order chi connectivity index (χ0) is 17.9. The van der Waals surface area contributed by atoms with Gasteiger partial charge in [-0.2, -0.15) is 13.2 Å². The number of ether oxygens (including phenoxy) is 1. The summed E-state index contributed by atoms with van der Waals surface area (Å²) in [6.07, 6.45) is 3.17. The van der Waals surface area contributed by atoms with E-state index in [1.54, 1.807) is 6.07 Å². The maximum Gasteiger partial charge on any atom is 0.434 e. The van der Waals surface area contributed by atoms with Crippen molar-refractivity contribution in [1.29, 1.82) is 0 Å². The molecule has 0 spiro atoms. The molecule has 1 aromatic carbocycles. The topological polar surface area (TPSA) is 61.0 Å². The van der Waals surface area contributed by atoms with Gasteiger partial charge in [-0.25, -0.2) is 9.97 Å². The quantitative estimate of drug-likeness (QED) is 0.881. The lowest BCUT2D eigenvalue weighted by Gasteiger charge is -2.20. The Hall–Kier alpha value is -2.41. The number of hydrogen-bond acceptors (Lipinski definition) is 4. The third-order valence-electron chi connectivity index (χ3n) is 4.04. The van der Waals surface area contributed by atoms with E-state index in [1.807, 2.05) is 18.2 Å². The molecule has 0 amide bonds. The van der Waals surface area contributed by atoms with Crippen molar-refractivity contribution in [2.24, 2.45) is 5.73 Å². The number of rotatable bonds is 3. The Morgan fingerprint density at radius 3 is 2.52 bits per heavy atom. The van der Waals surface area contributed by atoms with Crippen LogP contribution in [0.25, 0.3) is 6.08 Å². The Kier molecular flexibility index (Phi) is 5.03. The van der Waals surface area contributed by atoms with Crippen LogP contribution in [-0.4, -0.2) is 16.0 Å². The molecule has 0 unspecified atom stereocenters. The summed E-state index contributed by atoms with van der Waals surface area (Å²) in [6.45, 7) is 0. The summed E-state index contributed by atoms with van der Waals surface area (Å²) in [7, 11) is 0. The summed E-state index contributed by atoms with van der Waals surface area (Å²) in [5.41, 5.74) is 7.18. The zero-order valence-corrected chi connectivity index (χ0v) is 13.5. The number of allylic oxidation sites excluding steroid dienone is 1. The van der Waals surface area contributed by atoms with Crippen molar-refractivity contribution in [2.45, 2.75) is 37.9 Å². The van der Waals surface area contributed by atoms with Gasteiger partial charge in [-0.15, -0.1) is 0 Å². The smallest absolute Gasteiger partial charge is 0.434 e. The molecule has 4 nitrogen and oxygen atoms in total. The molecule has 0 saturated heterocycles.